The van der Waals surface area contributed by atoms with Crippen LogP contribution in [0.15, 0.2) is 48.7 Å². The van der Waals surface area contributed by atoms with Crippen molar-refractivity contribution in [2.75, 3.05) is 11.9 Å². The zero-order valence-electron chi connectivity index (χ0n) is 19.8. The smallest absolute Gasteiger partial charge is 0.475 e. The Morgan fingerprint density at radius 3 is 2.15 bits per heavy atom. The molecule has 1 aromatic heterocycles. The van der Waals surface area contributed by atoms with Gasteiger partial charge in [-0.05, 0) is 36.4 Å². The molecule has 8 nitrogen and oxygen atoms in total. The molecule has 40 heavy (non-hydrogen) atoms. The molecule has 0 unspecified atom stereocenters. The predicted octanol–water partition coefficient (Wildman–Crippen LogP) is 5.89. The average Bonchev–Trinajstić information content (AvgIpc) is 2.86. The maximum atomic E-state index is 13.0. The molecule has 2 N–H and O–H groups in total. The number of carboxylic acids is 1. The van der Waals surface area contributed by atoms with Crippen LogP contribution in [0.4, 0.5) is 32.3 Å². The van der Waals surface area contributed by atoms with Crippen LogP contribution in [0.1, 0.15) is 37.5 Å². The third kappa shape index (κ3) is 8.05. The summed E-state index contributed by atoms with van der Waals surface area (Å²) < 4.78 is 70.6. The number of carboxylic acid groups (broad SMARTS) is 1. The van der Waals surface area contributed by atoms with Crippen LogP contribution in [0.3, 0.4) is 0 Å². The number of rotatable bonds is 3. The molecule has 2 aromatic carbocycles. The van der Waals surface area contributed by atoms with Crippen LogP contribution in [0.25, 0.3) is 0 Å². The van der Waals surface area contributed by atoms with Crippen LogP contribution in [-0.4, -0.2) is 50.5 Å². The van der Waals surface area contributed by atoms with Gasteiger partial charge < -0.3 is 10.0 Å². The van der Waals surface area contributed by atoms with Gasteiger partial charge in [0.25, 0.3) is 11.8 Å². The lowest BCUT2D eigenvalue weighted by Gasteiger charge is -2.28. The molecular weight excluding hydrogens is 593 g/mol. The molecule has 1 aliphatic heterocycles. The summed E-state index contributed by atoms with van der Waals surface area (Å²) in [6, 6.07) is 8.74. The number of aliphatic carboxylic acids is 1. The Bertz CT molecular complexity index is 1430. The van der Waals surface area contributed by atoms with E-state index >= 15 is 0 Å². The second-order valence-corrected chi connectivity index (χ2v) is 9.01. The van der Waals surface area contributed by atoms with E-state index in [1.54, 1.807) is 0 Å². The molecule has 0 spiro atoms. The van der Waals surface area contributed by atoms with Crippen molar-refractivity contribution in [2.45, 2.75) is 25.3 Å². The maximum Gasteiger partial charge on any atom is 0.490 e. The number of benzene rings is 2. The summed E-state index contributed by atoms with van der Waals surface area (Å²) in [7, 11) is 0. The van der Waals surface area contributed by atoms with Gasteiger partial charge >= 0.3 is 18.3 Å². The highest BCUT2D eigenvalue weighted by molar-refractivity contribution is 6.35. The van der Waals surface area contributed by atoms with Crippen LogP contribution in [0.5, 0.6) is 0 Å². The average molecular weight is 609 g/mol. The molecule has 0 atom stereocenters. The zero-order chi connectivity index (χ0) is 29.8. The van der Waals surface area contributed by atoms with Crippen molar-refractivity contribution in [2.24, 2.45) is 0 Å². The number of hydrogen-bond donors (Lipinski definition) is 2. The molecule has 4 rings (SSSR count). The lowest BCUT2D eigenvalue weighted by Crippen LogP contribution is -2.36. The molecule has 16 heteroatoms. The standard InChI is InChI=1S/C22H15Cl2F3N4O2.C2HF3O2/c23-16-7-13(8-17(24)9-16)19(32)30-21-28-10-14-11-31(5-4-18(14)29-21)20(33)12-2-1-3-15(6-12)22(25,26)27;3-2(4,5)1(6)7/h1-3,6-10H,4-5,11H2,(H,28,29,30,32);(H,6,7). The van der Waals surface area contributed by atoms with Gasteiger partial charge in [-0.15, -0.1) is 0 Å². The number of anilines is 1. The van der Waals surface area contributed by atoms with Crippen molar-refractivity contribution >= 4 is 46.9 Å². The lowest BCUT2D eigenvalue weighted by molar-refractivity contribution is -0.192. The van der Waals surface area contributed by atoms with E-state index in [-0.39, 0.29) is 30.2 Å². The van der Waals surface area contributed by atoms with E-state index in [9.17, 15) is 35.9 Å². The molecule has 0 fully saturated rings. The largest absolute Gasteiger partial charge is 0.490 e. The molecule has 0 radical (unpaired) electrons. The first-order valence-corrected chi connectivity index (χ1v) is 11.7. The third-order valence-electron chi connectivity index (χ3n) is 5.25. The Balaban J connectivity index is 0.000000559. The number of hydrogen-bond acceptors (Lipinski definition) is 5. The van der Waals surface area contributed by atoms with Gasteiger partial charge in [0.2, 0.25) is 5.95 Å². The van der Waals surface area contributed by atoms with Crippen LogP contribution >= 0.6 is 23.2 Å². The fourth-order valence-corrected chi connectivity index (χ4v) is 3.95. The van der Waals surface area contributed by atoms with Crippen LogP contribution < -0.4 is 5.32 Å². The van der Waals surface area contributed by atoms with E-state index < -0.39 is 35.7 Å². The van der Waals surface area contributed by atoms with Gasteiger partial charge in [0.1, 0.15) is 0 Å². The van der Waals surface area contributed by atoms with Crippen LogP contribution in [0.2, 0.25) is 10.0 Å². The molecule has 2 heterocycles. The summed E-state index contributed by atoms with van der Waals surface area (Å²) in [5.74, 6) is -3.68. The Morgan fingerprint density at radius 1 is 0.950 bits per heavy atom. The first-order chi connectivity index (χ1) is 18.5. The summed E-state index contributed by atoms with van der Waals surface area (Å²) in [6.45, 7) is 0.402. The SMILES string of the molecule is O=C(Nc1ncc2c(n1)CCN(C(=O)c1cccc(C(F)(F)F)c1)C2)c1cc(Cl)cc(Cl)c1.O=C(O)C(F)(F)F. The second-order valence-electron chi connectivity index (χ2n) is 8.14. The quantitative estimate of drug-likeness (QED) is 0.359. The Hall–Kier alpha value is -3.91. The minimum Gasteiger partial charge on any atom is -0.475 e. The van der Waals surface area contributed by atoms with Gasteiger partial charge in [0, 0.05) is 52.4 Å². The zero-order valence-corrected chi connectivity index (χ0v) is 21.3. The van der Waals surface area contributed by atoms with E-state index in [1.807, 2.05) is 0 Å². The van der Waals surface area contributed by atoms with E-state index in [0.717, 1.165) is 12.1 Å². The van der Waals surface area contributed by atoms with Gasteiger partial charge in [-0.1, -0.05) is 29.3 Å². The molecule has 3 aromatic rings. The number of aromatic nitrogens is 2. The van der Waals surface area contributed by atoms with Gasteiger partial charge in [0.15, 0.2) is 0 Å². The summed E-state index contributed by atoms with van der Waals surface area (Å²) >= 11 is 11.8. The van der Waals surface area contributed by atoms with Crippen molar-refractivity contribution in [1.82, 2.24) is 14.9 Å². The highest BCUT2D eigenvalue weighted by Gasteiger charge is 2.38. The van der Waals surface area contributed by atoms with Crippen molar-refractivity contribution in [3.8, 4) is 0 Å². The van der Waals surface area contributed by atoms with E-state index in [2.05, 4.69) is 15.3 Å². The maximum absolute atomic E-state index is 13.0. The third-order valence-corrected chi connectivity index (χ3v) is 5.69. The fraction of sp³-hybridized carbons (Fsp3) is 0.208. The highest BCUT2D eigenvalue weighted by Crippen LogP contribution is 2.30. The molecule has 2 amide bonds. The number of amides is 2. The first kappa shape index (κ1) is 30.6. The van der Waals surface area contributed by atoms with Crippen molar-refractivity contribution in [3.63, 3.8) is 0 Å². The summed E-state index contributed by atoms with van der Waals surface area (Å²) in [5, 5.41) is 10.3. The number of fused-ring (bicyclic) bond motifs is 1. The molecule has 0 aliphatic carbocycles. The topological polar surface area (TPSA) is 112 Å². The molecule has 0 bridgehead atoms. The Labute approximate surface area is 231 Å². The minimum atomic E-state index is -5.08. The van der Waals surface area contributed by atoms with Gasteiger partial charge in [-0.3, -0.25) is 14.9 Å². The molecule has 0 saturated heterocycles. The predicted molar refractivity (Wildman–Crippen MR) is 130 cm³/mol. The fourth-order valence-electron chi connectivity index (χ4n) is 3.42. The summed E-state index contributed by atoms with van der Waals surface area (Å²) in [4.78, 5) is 44.0. The highest BCUT2D eigenvalue weighted by atomic mass is 35.5. The lowest BCUT2D eigenvalue weighted by atomic mass is 10.0. The number of carbonyl (C=O) groups excluding carboxylic acids is 2. The van der Waals surface area contributed by atoms with Crippen molar-refractivity contribution in [3.05, 3.63) is 86.7 Å². The molecule has 0 saturated carbocycles. The van der Waals surface area contributed by atoms with Crippen LogP contribution in [-0.2, 0) is 23.9 Å². The number of alkyl halides is 6. The van der Waals surface area contributed by atoms with Crippen LogP contribution in [0, 0.1) is 0 Å². The van der Waals surface area contributed by atoms with E-state index in [0.29, 0.717) is 27.7 Å². The number of carbonyl (C=O) groups is 3. The van der Waals surface area contributed by atoms with Crippen molar-refractivity contribution in [1.29, 1.82) is 0 Å². The molecule has 1 aliphatic rings. The Morgan fingerprint density at radius 2 is 1.57 bits per heavy atom. The monoisotopic (exact) mass is 608 g/mol. The summed E-state index contributed by atoms with van der Waals surface area (Å²) in [6.07, 6.45) is -7.78. The van der Waals surface area contributed by atoms with Gasteiger partial charge in [-0.2, -0.15) is 26.3 Å². The summed E-state index contributed by atoms with van der Waals surface area (Å²) in [5.41, 5.74) is 0.600. The van der Waals surface area contributed by atoms with E-state index in [4.69, 9.17) is 33.1 Å². The van der Waals surface area contributed by atoms with E-state index in [1.165, 1.54) is 41.4 Å². The van der Waals surface area contributed by atoms with Crippen molar-refractivity contribution < 1.29 is 45.8 Å². The number of nitrogens with zero attached hydrogens (tertiary/aromatic N) is 3. The Kier molecular flexibility index (Phi) is 9.25. The number of nitrogens with one attached hydrogen (secondary N) is 1. The molecular formula is C24H16Cl2F6N4O4. The minimum absolute atomic E-state index is 0.0433. The second kappa shape index (κ2) is 12.1. The number of halogens is 8. The van der Waals surface area contributed by atoms with Gasteiger partial charge in [-0.25, -0.2) is 14.8 Å². The normalized spacial score (nSPS) is 13.1. The van der Waals surface area contributed by atoms with Gasteiger partial charge in [0.05, 0.1) is 11.3 Å². The first-order valence-electron chi connectivity index (χ1n) is 10.9. The molecule has 212 valence electrons.